The number of imidazole rings is 1. The third kappa shape index (κ3) is 2.77. The van der Waals surface area contributed by atoms with E-state index in [9.17, 15) is 4.79 Å². The molecule has 1 aromatic carbocycles. The van der Waals surface area contributed by atoms with Crippen LogP contribution in [0.15, 0.2) is 49.2 Å². The van der Waals surface area contributed by atoms with E-state index in [4.69, 9.17) is 4.74 Å². The quantitative estimate of drug-likeness (QED) is 0.732. The molecule has 1 saturated heterocycles. The summed E-state index contributed by atoms with van der Waals surface area (Å²) in [5, 5.41) is 4.22. The summed E-state index contributed by atoms with van der Waals surface area (Å²) in [5.41, 5.74) is 2.86. The number of hydrogen-bond acceptors (Lipinski definition) is 4. The number of hydrogen-bond donors (Lipinski definition) is 0. The number of rotatable bonds is 4. The van der Waals surface area contributed by atoms with Crippen molar-refractivity contribution in [2.75, 3.05) is 18.6 Å². The zero-order valence-corrected chi connectivity index (χ0v) is 14.2. The van der Waals surface area contributed by atoms with Gasteiger partial charge in [0.2, 0.25) is 5.91 Å². The van der Waals surface area contributed by atoms with Crippen LogP contribution in [0.3, 0.4) is 0 Å². The number of amides is 1. The monoisotopic (exact) mass is 337 g/mol. The topological polar surface area (TPSA) is 65.2 Å². The van der Waals surface area contributed by atoms with E-state index in [1.165, 1.54) is 0 Å². The van der Waals surface area contributed by atoms with Crippen molar-refractivity contribution in [1.29, 1.82) is 0 Å². The van der Waals surface area contributed by atoms with Crippen molar-refractivity contribution in [3.05, 3.63) is 49.2 Å². The lowest BCUT2D eigenvalue weighted by Gasteiger charge is -2.18. The second-order valence-corrected chi connectivity index (χ2v) is 6.15. The van der Waals surface area contributed by atoms with Crippen molar-refractivity contribution in [3.63, 3.8) is 0 Å². The van der Waals surface area contributed by atoms with Gasteiger partial charge in [0, 0.05) is 37.5 Å². The number of aromatic nitrogens is 4. The second kappa shape index (κ2) is 6.08. The summed E-state index contributed by atoms with van der Waals surface area (Å²) in [6.07, 6.45) is 7.82. The van der Waals surface area contributed by atoms with Crippen molar-refractivity contribution in [2.45, 2.75) is 12.5 Å². The summed E-state index contributed by atoms with van der Waals surface area (Å²) in [6, 6.07) is 7.61. The molecule has 4 rings (SSSR count). The third-order valence-corrected chi connectivity index (χ3v) is 4.55. The standard InChI is InChI=1S/C18H19N5O2/c1-21-10-13(8-20-21)17-9-19-12-23(17)15-7-18(24)22(11-15)14-3-5-16(25-2)6-4-14/h3-6,8-10,12,15H,7,11H2,1-2H3/t15-/m0/s1. The molecule has 0 radical (unpaired) electrons. The number of ether oxygens (including phenoxy) is 1. The molecule has 0 spiro atoms. The van der Waals surface area contributed by atoms with Crippen LogP contribution in [-0.4, -0.2) is 38.9 Å². The van der Waals surface area contributed by atoms with E-state index in [-0.39, 0.29) is 11.9 Å². The number of anilines is 1. The van der Waals surface area contributed by atoms with E-state index in [0.717, 1.165) is 22.7 Å². The zero-order valence-electron chi connectivity index (χ0n) is 14.2. The molecule has 1 aliphatic heterocycles. The average Bonchev–Trinajstić information content (AvgIpc) is 3.34. The Hall–Kier alpha value is -3.09. The second-order valence-electron chi connectivity index (χ2n) is 6.15. The van der Waals surface area contributed by atoms with Crippen LogP contribution in [0, 0.1) is 0 Å². The lowest BCUT2D eigenvalue weighted by atomic mass is 10.2. The number of nitrogens with zero attached hydrogens (tertiary/aromatic N) is 5. The highest BCUT2D eigenvalue weighted by atomic mass is 16.5. The molecule has 0 unspecified atom stereocenters. The molecule has 25 heavy (non-hydrogen) atoms. The highest BCUT2D eigenvalue weighted by Crippen LogP contribution is 2.32. The van der Waals surface area contributed by atoms with E-state index in [2.05, 4.69) is 14.6 Å². The molecular weight excluding hydrogens is 318 g/mol. The zero-order chi connectivity index (χ0) is 17.4. The van der Waals surface area contributed by atoms with E-state index in [1.807, 2.05) is 54.8 Å². The maximum absolute atomic E-state index is 12.5. The molecule has 1 atom stereocenters. The van der Waals surface area contributed by atoms with Gasteiger partial charge in [-0.3, -0.25) is 9.48 Å². The van der Waals surface area contributed by atoms with Crippen molar-refractivity contribution < 1.29 is 9.53 Å². The summed E-state index contributed by atoms with van der Waals surface area (Å²) in [7, 11) is 3.51. The summed E-state index contributed by atoms with van der Waals surface area (Å²) >= 11 is 0. The van der Waals surface area contributed by atoms with Crippen LogP contribution in [0.25, 0.3) is 11.3 Å². The van der Waals surface area contributed by atoms with Crippen molar-refractivity contribution in [3.8, 4) is 17.0 Å². The number of benzene rings is 1. The smallest absolute Gasteiger partial charge is 0.229 e. The SMILES string of the molecule is COc1ccc(N2C[C@@H](n3cncc3-c3cnn(C)c3)CC2=O)cc1. The lowest BCUT2D eigenvalue weighted by Crippen LogP contribution is -2.24. The Labute approximate surface area is 145 Å². The van der Waals surface area contributed by atoms with E-state index in [1.54, 1.807) is 18.1 Å². The first-order valence-electron chi connectivity index (χ1n) is 8.11. The predicted molar refractivity (Wildman–Crippen MR) is 93.4 cm³/mol. The maximum atomic E-state index is 12.5. The minimum absolute atomic E-state index is 0.0484. The predicted octanol–water partition coefficient (Wildman–Crippen LogP) is 2.27. The lowest BCUT2D eigenvalue weighted by molar-refractivity contribution is -0.117. The van der Waals surface area contributed by atoms with Crippen molar-refractivity contribution in [1.82, 2.24) is 19.3 Å². The van der Waals surface area contributed by atoms with E-state index in [0.29, 0.717) is 13.0 Å². The van der Waals surface area contributed by atoms with E-state index >= 15 is 0 Å². The summed E-state index contributed by atoms with van der Waals surface area (Å²) in [6.45, 7) is 0.620. The van der Waals surface area contributed by atoms with Gasteiger partial charge in [-0.15, -0.1) is 0 Å². The molecule has 1 fully saturated rings. The van der Waals surface area contributed by atoms with Gasteiger partial charge in [-0.25, -0.2) is 4.98 Å². The molecule has 3 aromatic rings. The molecular formula is C18H19N5O2. The van der Waals surface area contributed by atoms with E-state index < -0.39 is 0 Å². The molecule has 128 valence electrons. The van der Waals surface area contributed by atoms with Gasteiger partial charge < -0.3 is 14.2 Å². The fourth-order valence-electron chi connectivity index (χ4n) is 3.26. The van der Waals surface area contributed by atoms with Crippen LogP contribution in [0.1, 0.15) is 12.5 Å². The number of methoxy groups -OCH3 is 1. The Bertz CT molecular complexity index is 896. The summed E-state index contributed by atoms with van der Waals surface area (Å²) in [4.78, 5) is 18.6. The summed E-state index contributed by atoms with van der Waals surface area (Å²) < 4.78 is 9.01. The minimum Gasteiger partial charge on any atom is -0.497 e. The molecule has 0 bridgehead atoms. The van der Waals surface area contributed by atoms with Crippen LogP contribution >= 0.6 is 0 Å². The number of aryl methyl sites for hydroxylation is 1. The van der Waals surface area contributed by atoms with Crippen LogP contribution in [0.5, 0.6) is 5.75 Å². The van der Waals surface area contributed by atoms with Gasteiger partial charge in [-0.1, -0.05) is 0 Å². The third-order valence-electron chi connectivity index (χ3n) is 4.55. The van der Waals surface area contributed by atoms with Gasteiger partial charge in [-0.2, -0.15) is 5.10 Å². The van der Waals surface area contributed by atoms with Gasteiger partial charge in [0.1, 0.15) is 5.75 Å². The Morgan fingerprint density at radius 1 is 1.20 bits per heavy atom. The average molecular weight is 337 g/mol. The summed E-state index contributed by atoms with van der Waals surface area (Å²) in [5.74, 6) is 0.890. The van der Waals surface area contributed by atoms with Crippen LogP contribution in [-0.2, 0) is 11.8 Å². The van der Waals surface area contributed by atoms with Gasteiger partial charge >= 0.3 is 0 Å². The first-order valence-corrected chi connectivity index (χ1v) is 8.11. The Morgan fingerprint density at radius 2 is 2.00 bits per heavy atom. The molecule has 0 aliphatic carbocycles. The maximum Gasteiger partial charge on any atom is 0.229 e. The van der Waals surface area contributed by atoms with Crippen molar-refractivity contribution >= 4 is 11.6 Å². The Kier molecular flexibility index (Phi) is 3.76. The molecule has 0 saturated carbocycles. The van der Waals surface area contributed by atoms with Crippen molar-refractivity contribution in [2.24, 2.45) is 7.05 Å². The number of carbonyl (C=O) groups is 1. The fraction of sp³-hybridized carbons (Fsp3) is 0.278. The normalized spacial score (nSPS) is 17.3. The first-order chi connectivity index (χ1) is 12.2. The van der Waals surface area contributed by atoms with Crippen LogP contribution in [0.2, 0.25) is 0 Å². The number of carbonyl (C=O) groups excluding carboxylic acids is 1. The van der Waals surface area contributed by atoms with Gasteiger partial charge in [0.25, 0.3) is 0 Å². The highest BCUT2D eigenvalue weighted by Gasteiger charge is 2.32. The molecule has 2 aromatic heterocycles. The van der Waals surface area contributed by atoms with Gasteiger partial charge in [0.05, 0.1) is 37.6 Å². The Balaban J connectivity index is 1.59. The molecule has 1 amide bonds. The first kappa shape index (κ1) is 15.4. The molecule has 7 heteroatoms. The van der Waals surface area contributed by atoms with Crippen LogP contribution < -0.4 is 9.64 Å². The largest absolute Gasteiger partial charge is 0.497 e. The minimum atomic E-state index is 0.0484. The molecule has 1 aliphatic rings. The van der Waals surface area contributed by atoms with Crippen LogP contribution in [0.4, 0.5) is 5.69 Å². The van der Waals surface area contributed by atoms with Gasteiger partial charge in [0.15, 0.2) is 0 Å². The molecule has 0 N–H and O–H groups in total. The van der Waals surface area contributed by atoms with Gasteiger partial charge in [-0.05, 0) is 24.3 Å². The highest BCUT2D eigenvalue weighted by molar-refractivity contribution is 5.96. The molecule has 3 heterocycles. The molecule has 7 nitrogen and oxygen atoms in total. The Morgan fingerprint density at radius 3 is 2.68 bits per heavy atom. The fourth-order valence-corrected chi connectivity index (χ4v) is 3.26.